The second-order valence-corrected chi connectivity index (χ2v) is 5.61. The van der Waals surface area contributed by atoms with Gasteiger partial charge >= 0.3 is 0 Å². The highest BCUT2D eigenvalue weighted by molar-refractivity contribution is 8.14. The maximum atomic E-state index is 12.3. The zero-order valence-corrected chi connectivity index (χ0v) is 12.1. The summed E-state index contributed by atoms with van der Waals surface area (Å²) in [6, 6.07) is 9.54. The average molecular weight is 304 g/mol. The van der Waals surface area contributed by atoms with Gasteiger partial charge in [-0.1, -0.05) is 30.0 Å². The molecule has 0 fully saturated rings. The summed E-state index contributed by atoms with van der Waals surface area (Å²) in [4.78, 5) is 19.4. The number of aromatic amines is 1. The number of amides is 1. The number of hydrogen-bond acceptors (Lipinski definition) is 4. The van der Waals surface area contributed by atoms with Crippen LogP contribution in [-0.4, -0.2) is 32.9 Å². The lowest BCUT2D eigenvalue weighted by Crippen LogP contribution is -2.29. The van der Waals surface area contributed by atoms with E-state index in [9.17, 15) is 4.79 Å². The van der Waals surface area contributed by atoms with Crippen LogP contribution in [0.4, 0.5) is 0 Å². The van der Waals surface area contributed by atoms with Crippen molar-refractivity contribution >= 4 is 35.1 Å². The smallest absolute Gasteiger partial charge is 0.275 e. The molecule has 1 aliphatic rings. The predicted molar refractivity (Wildman–Crippen MR) is 83.2 cm³/mol. The molecule has 0 radical (unpaired) electrons. The van der Waals surface area contributed by atoms with Gasteiger partial charge < -0.3 is 4.98 Å². The Balaban J connectivity index is 1.95. The van der Waals surface area contributed by atoms with Crippen molar-refractivity contribution in [3.05, 3.63) is 47.0 Å². The van der Waals surface area contributed by atoms with Crippen LogP contribution in [0.15, 0.2) is 41.5 Å². The minimum absolute atomic E-state index is 0.214. The van der Waals surface area contributed by atoms with Gasteiger partial charge in [-0.3, -0.25) is 19.7 Å². The molecule has 20 heavy (non-hydrogen) atoms. The number of imidazole rings is 1. The quantitative estimate of drug-likeness (QED) is 0.837. The predicted octanol–water partition coefficient (Wildman–Crippen LogP) is 2.37. The fourth-order valence-corrected chi connectivity index (χ4v) is 2.93. The Morgan fingerprint density at radius 2 is 2.20 bits per heavy atom. The lowest BCUT2D eigenvalue weighted by atomic mass is 10.3. The van der Waals surface area contributed by atoms with Crippen LogP contribution in [0.1, 0.15) is 10.5 Å². The summed E-state index contributed by atoms with van der Waals surface area (Å²) in [7, 11) is 0. The molecule has 0 unspecified atom stereocenters. The summed E-state index contributed by atoms with van der Waals surface area (Å²) in [6.45, 7) is 0.748. The molecule has 1 amide bonds. The standard InChI is InChI=1S/C13H12N4OS2/c18-11(16-12-14-6-7-20-12)10-8-15-13(19)17(10)9-4-2-1-3-5-9/h1-5,8H,6-7H2,(H,15,19)(H,14,16,18). The van der Waals surface area contributed by atoms with Crippen molar-refractivity contribution in [1.82, 2.24) is 14.9 Å². The van der Waals surface area contributed by atoms with Crippen LogP contribution in [-0.2, 0) is 0 Å². The number of carbonyl (C=O) groups is 1. The molecule has 0 saturated heterocycles. The van der Waals surface area contributed by atoms with Gasteiger partial charge in [-0.15, -0.1) is 0 Å². The molecule has 2 aromatic rings. The zero-order valence-electron chi connectivity index (χ0n) is 10.5. The van der Waals surface area contributed by atoms with Gasteiger partial charge in [0.05, 0.1) is 6.54 Å². The molecule has 0 spiro atoms. The van der Waals surface area contributed by atoms with E-state index in [2.05, 4.69) is 15.3 Å². The first-order valence-corrected chi connectivity index (χ1v) is 7.49. The van der Waals surface area contributed by atoms with E-state index in [1.807, 2.05) is 30.3 Å². The Kier molecular flexibility index (Phi) is 3.70. The largest absolute Gasteiger partial charge is 0.336 e. The molecule has 0 saturated carbocycles. The topological polar surface area (TPSA) is 62.2 Å². The van der Waals surface area contributed by atoms with Crippen LogP contribution in [0.25, 0.3) is 5.69 Å². The maximum absolute atomic E-state index is 12.3. The van der Waals surface area contributed by atoms with Gasteiger partial charge in [0.1, 0.15) is 5.69 Å². The summed E-state index contributed by atoms with van der Waals surface area (Å²) in [5, 5.41) is 3.47. The molecule has 5 nitrogen and oxygen atoms in total. The number of amidine groups is 1. The Morgan fingerprint density at radius 3 is 2.90 bits per heavy atom. The van der Waals surface area contributed by atoms with E-state index in [-0.39, 0.29) is 5.91 Å². The van der Waals surface area contributed by atoms with Crippen molar-refractivity contribution in [2.45, 2.75) is 0 Å². The number of benzene rings is 1. The first kappa shape index (κ1) is 13.1. The van der Waals surface area contributed by atoms with Crippen LogP contribution in [0, 0.1) is 4.77 Å². The fraction of sp³-hybridized carbons (Fsp3) is 0.154. The second kappa shape index (κ2) is 5.64. The summed E-state index contributed by atoms with van der Waals surface area (Å²) in [5.41, 5.74) is 1.32. The maximum Gasteiger partial charge on any atom is 0.275 e. The number of H-pyrrole nitrogens is 1. The molecular formula is C13H12N4OS2. The summed E-state index contributed by atoms with van der Waals surface area (Å²) in [6.07, 6.45) is 1.62. The highest BCUT2D eigenvalue weighted by Crippen LogP contribution is 2.14. The Hall–Kier alpha value is -1.86. The molecule has 2 N–H and O–H groups in total. The van der Waals surface area contributed by atoms with E-state index in [1.165, 1.54) is 0 Å². The number of hydrogen-bond donors (Lipinski definition) is 2. The summed E-state index contributed by atoms with van der Waals surface area (Å²) in [5.74, 6) is 0.697. The van der Waals surface area contributed by atoms with Crippen molar-refractivity contribution in [3.8, 4) is 5.69 Å². The molecule has 1 aromatic heterocycles. The Morgan fingerprint density at radius 1 is 1.40 bits per heavy atom. The van der Waals surface area contributed by atoms with Gasteiger partial charge in [-0.05, 0) is 24.4 Å². The molecule has 1 aromatic carbocycles. The number of carbonyl (C=O) groups excluding carboxylic acids is 1. The van der Waals surface area contributed by atoms with Crippen molar-refractivity contribution in [1.29, 1.82) is 0 Å². The normalized spacial score (nSPS) is 14.1. The molecule has 0 bridgehead atoms. The third-order valence-electron chi connectivity index (χ3n) is 2.83. The lowest BCUT2D eigenvalue weighted by Gasteiger charge is -2.08. The van der Waals surface area contributed by atoms with Gasteiger partial charge in [0.2, 0.25) is 0 Å². The first-order chi connectivity index (χ1) is 9.75. The molecule has 1 aliphatic heterocycles. The van der Waals surface area contributed by atoms with Gasteiger partial charge in [0, 0.05) is 17.6 Å². The third-order valence-corrected chi connectivity index (χ3v) is 4.02. The number of nitrogens with one attached hydrogen (secondary N) is 2. The Bertz CT molecular complexity index is 717. The average Bonchev–Trinajstić information content (AvgIpc) is 3.09. The molecule has 3 rings (SSSR count). The van der Waals surface area contributed by atoms with E-state index in [0.717, 1.165) is 18.0 Å². The SMILES string of the molecule is O=C(NC1=NCCS1)c1c[nH]c(=S)n1-c1ccccc1. The minimum Gasteiger partial charge on any atom is -0.336 e. The molecule has 102 valence electrons. The molecule has 2 heterocycles. The lowest BCUT2D eigenvalue weighted by molar-refractivity contribution is 0.0971. The highest BCUT2D eigenvalue weighted by Gasteiger charge is 2.17. The number of rotatable bonds is 2. The number of nitrogens with zero attached hydrogens (tertiary/aromatic N) is 2. The van der Waals surface area contributed by atoms with Gasteiger partial charge in [-0.2, -0.15) is 0 Å². The minimum atomic E-state index is -0.214. The van der Waals surface area contributed by atoms with E-state index >= 15 is 0 Å². The fourth-order valence-electron chi connectivity index (χ4n) is 1.94. The van der Waals surface area contributed by atoms with Crippen LogP contribution < -0.4 is 5.32 Å². The molecule has 7 heteroatoms. The van der Waals surface area contributed by atoms with E-state index in [0.29, 0.717) is 15.6 Å². The van der Waals surface area contributed by atoms with Crippen molar-refractivity contribution in [2.75, 3.05) is 12.3 Å². The van der Waals surface area contributed by atoms with Gasteiger partial charge in [-0.25, -0.2) is 0 Å². The number of aliphatic imine (C=N–C) groups is 1. The molecular weight excluding hydrogens is 292 g/mol. The Labute approximate surface area is 125 Å². The number of aromatic nitrogens is 2. The highest BCUT2D eigenvalue weighted by atomic mass is 32.2. The third kappa shape index (κ3) is 2.54. The van der Waals surface area contributed by atoms with E-state index < -0.39 is 0 Å². The number of para-hydroxylation sites is 1. The molecule has 0 atom stereocenters. The zero-order chi connectivity index (χ0) is 13.9. The summed E-state index contributed by atoms with van der Waals surface area (Å²) >= 11 is 6.80. The van der Waals surface area contributed by atoms with Crippen molar-refractivity contribution in [2.24, 2.45) is 4.99 Å². The monoisotopic (exact) mass is 304 g/mol. The van der Waals surface area contributed by atoms with Gasteiger partial charge in [0.15, 0.2) is 9.94 Å². The second-order valence-electron chi connectivity index (χ2n) is 4.14. The molecule has 0 aliphatic carbocycles. The van der Waals surface area contributed by atoms with Crippen LogP contribution in [0.5, 0.6) is 0 Å². The summed E-state index contributed by atoms with van der Waals surface area (Å²) < 4.78 is 2.20. The van der Waals surface area contributed by atoms with Crippen LogP contribution in [0.3, 0.4) is 0 Å². The van der Waals surface area contributed by atoms with Gasteiger partial charge in [0.25, 0.3) is 5.91 Å². The first-order valence-electron chi connectivity index (χ1n) is 6.10. The van der Waals surface area contributed by atoms with Crippen LogP contribution in [0.2, 0.25) is 0 Å². The van der Waals surface area contributed by atoms with Crippen molar-refractivity contribution < 1.29 is 4.79 Å². The van der Waals surface area contributed by atoms with E-state index in [4.69, 9.17) is 12.2 Å². The van der Waals surface area contributed by atoms with Crippen molar-refractivity contribution in [3.63, 3.8) is 0 Å². The number of thioether (sulfide) groups is 1. The van der Waals surface area contributed by atoms with E-state index in [1.54, 1.807) is 22.5 Å². The van der Waals surface area contributed by atoms with Crippen LogP contribution >= 0.6 is 24.0 Å².